The summed E-state index contributed by atoms with van der Waals surface area (Å²) >= 11 is 0. The van der Waals surface area contributed by atoms with E-state index in [4.69, 9.17) is 10.2 Å². The van der Waals surface area contributed by atoms with Gasteiger partial charge in [0.05, 0.1) is 17.5 Å². The quantitative estimate of drug-likeness (QED) is 0.746. The molecule has 0 atom stereocenters. The molecular formula is C13H12N4O. The van der Waals surface area contributed by atoms with Crippen LogP contribution in [0.1, 0.15) is 0 Å². The summed E-state index contributed by atoms with van der Waals surface area (Å²) < 4.78 is 7.02. The number of nitrogens with two attached hydrogens (primary N) is 1. The Bertz CT molecular complexity index is 656. The van der Waals surface area contributed by atoms with Crippen molar-refractivity contribution in [2.24, 2.45) is 7.05 Å². The summed E-state index contributed by atoms with van der Waals surface area (Å²) in [6.45, 7) is 0. The van der Waals surface area contributed by atoms with E-state index in [-0.39, 0.29) is 0 Å². The molecule has 0 aliphatic rings. The lowest BCUT2D eigenvalue weighted by molar-refractivity contribution is 0.578. The van der Waals surface area contributed by atoms with Crippen LogP contribution in [0.2, 0.25) is 0 Å². The molecule has 0 radical (unpaired) electrons. The number of pyridine rings is 1. The van der Waals surface area contributed by atoms with Gasteiger partial charge in [-0.2, -0.15) is 5.10 Å². The number of hydrogen-bond donors (Lipinski definition) is 1. The first-order valence-corrected chi connectivity index (χ1v) is 5.55. The molecule has 3 rings (SSSR count). The molecule has 0 saturated heterocycles. The lowest BCUT2D eigenvalue weighted by Gasteiger charge is -2.01. The number of rotatable bonds is 2. The summed E-state index contributed by atoms with van der Waals surface area (Å²) in [5, 5.41) is 4.39. The molecular weight excluding hydrogens is 228 g/mol. The number of aromatic nitrogens is 3. The van der Waals surface area contributed by atoms with Gasteiger partial charge in [0.15, 0.2) is 5.76 Å². The van der Waals surface area contributed by atoms with Gasteiger partial charge in [-0.1, -0.05) is 6.07 Å². The van der Waals surface area contributed by atoms with Gasteiger partial charge in [-0.25, -0.2) is 0 Å². The van der Waals surface area contributed by atoms with Crippen molar-refractivity contribution < 1.29 is 4.42 Å². The number of hydrogen-bond acceptors (Lipinski definition) is 4. The van der Waals surface area contributed by atoms with Crippen molar-refractivity contribution in [3.05, 3.63) is 42.8 Å². The van der Waals surface area contributed by atoms with Crippen LogP contribution >= 0.6 is 0 Å². The van der Waals surface area contributed by atoms with Gasteiger partial charge in [0.2, 0.25) is 0 Å². The topological polar surface area (TPSA) is 69.9 Å². The van der Waals surface area contributed by atoms with Crippen LogP contribution in [0.15, 0.2) is 47.2 Å². The zero-order chi connectivity index (χ0) is 12.5. The highest BCUT2D eigenvalue weighted by Gasteiger charge is 2.19. The van der Waals surface area contributed by atoms with Crippen molar-refractivity contribution in [1.82, 2.24) is 14.8 Å². The summed E-state index contributed by atoms with van der Waals surface area (Å²) in [6, 6.07) is 9.36. The third-order valence-corrected chi connectivity index (χ3v) is 2.77. The van der Waals surface area contributed by atoms with Crippen LogP contribution in [0.25, 0.3) is 22.7 Å². The Kier molecular flexibility index (Phi) is 2.37. The second kappa shape index (κ2) is 4.03. The van der Waals surface area contributed by atoms with Crippen LogP contribution in [0, 0.1) is 0 Å². The SMILES string of the molecule is Cn1nc(-c2ccco2)c(-c2ccccn2)c1N. The fourth-order valence-corrected chi connectivity index (χ4v) is 1.89. The molecule has 0 fully saturated rings. The van der Waals surface area contributed by atoms with Crippen molar-refractivity contribution in [2.45, 2.75) is 0 Å². The summed E-state index contributed by atoms with van der Waals surface area (Å²) in [7, 11) is 1.80. The Morgan fingerprint density at radius 1 is 1.22 bits per heavy atom. The van der Waals surface area contributed by atoms with Crippen molar-refractivity contribution in [3.63, 3.8) is 0 Å². The maximum absolute atomic E-state index is 6.06. The second-order valence-corrected chi connectivity index (χ2v) is 3.92. The van der Waals surface area contributed by atoms with E-state index in [9.17, 15) is 0 Å². The molecule has 3 aromatic heterocycles. The number of nitrogens with zero attached hydrogens (tertiary/aromatic N) is 3. The van der Waals surface area contributed by atoms with Crippen molar-refractivity contribution in [2.75, 3.05) is 5.73 Å². The van der Waals surface area contributed by atoms with Gasteiger partial charge in [-0.05, 0) is 24.3 Å². The van der Waals surface area contributed by atoms with E-state index in [1.165, 1.54) is 0 Å². The molecule has 5 heteroatoms. The highest BCUT2D eigenvalue weighted by atomic mass is 16.3. The van der Waals surface area contributed by atoms with E-state index in [0.29, 0.717) is 17.3 Å². The molecule has 90 valence electrons. The van der Waals surface area contributed by atoms with Gasteiger partial charge in [-0.3, -0.25) is 9.67 Å². The van der Waals surface area contributed by atoms with Gasteiger partial charge in [0.1, 0.15) is 11.5 Å². The van der Waals surface area contributed by atoms with Crippen LogP contribution in [0.4, 0.5) is 5.82 Å². The lowest BCUT2D eigenvalue weighted by Crippen LogP contribution is -1.98. The minimum Gasteiger partial charge on any atom is -0.463 e. The predicted molar refractivity (Wildman–Crippen MR) is 68.6 cm³/mol. The summed E-state index contributed by atoms with van der Waals surface area (Å²) in [5.74, 6) is 1.25. The largest absolute Gasteiger partial charge is 0.463 e. The normalized spacial score (nSPS) is 10.7. The van der Waals surface area contributed by atoms with E-state index < -0.39 is 0 Å². The Labute approximate surface area is 104 Å². The van der Waals surface area contributed by atoms with Gasteiger partial charge >= 0.3 is 0 Å². The monoisotopic (exact) mass is 240 g/mol. The molecule has 3 heterocycles. The number of anilines is 1. The van der Waals surface area contributed by atoms with E-state index in [1.54, 1.807) is 24.2 Å². The lowest BCUT2D eigenvalue weighted by atomic mass is 10.1. The Morgan fingerprint density at radius 3 is 2.78 bits per heavy atom. The van der Waals surface area contributed by atoms with Gasteiger partial charge < -0.3 is 10.2 Å². The average Bonchev–Trinajstić information content (AvgIpc) is 3.00. The van der Waals surface area contributed by atoms with Gasteiger partial charge in [0, 0.05) is 13.2 Å². The van der Waals surface area contributed by atoms with Crippen LogP contribution in [-0.2, 0) is 7.05 Å². The van der Waals surface area contributed by atoms with E-state index in [2.05, 4.69) is 10.1 Å². The molecule has 0 unspecified atom stereocenters. The number of nitrogen functional groups attached to an aromatic ring is 1. The van der Waals surface area contributed by atoms with Crippen molar-refractivity contribution in [1.29, 1.82) is 0 Å². The van der Waals surface area contributed by atoms with E-state index in [1.807, 2.05) is 30.3 Å². The molecule has 0 aromatic carbocycles. The Morgan fingerprint density at radius 2 is 2.11 bits per heavy atom. The average molecular weight is 240 g/mol. The first-order valence-electron chi connectivity index (χ1n) is 5.55. The maximum atomic E-state index is 6.06. The van der Waals surface area contributed by atoms with Crippen LogP contribution < -0.4 is 5.73 Å². The van der Waals surface area contributed by atoms with Crippen molar-refractivity contribution in [3.8, 4) is 22.7 Å². The van der Waals surface area contributed by atoms with Crippen LogP contribution in [-0.4, -0.2) is 14.8 Å². The maximum Gasteiger partial charge on any atom is 0.154 e. The minimum atomic E-state index is 0.570. The first kappa shape index (κ1) is 10.6. The summed E-state index contributed by atoms with van der Waals surface area (Å²) in [6.07, 6.45) is 3.34. The molecule has 0 bridgehead atoms. The fraction of sp³-hybridized carbons (Fsp3) is 0.0769. The van der Waals surface area contributed by atoms with Gasteiger partial charge in [-0.15, -0.1) is 0 Å². The molecule has 0 aliphatic carbocycles. The highest BCUT2D eigenvalue weighted by molar-refractivity contribution is 5.84. The molecule has 0 amide bonds. The minimum absolute atomic E-state index is 0.570. The van der Waals surface area contributed by atoms with E-state index in [0.717, 1.165) is 11.3 Å². The standard InChI is InChI=1S/C13H12N4O/c1-17-13(14)11(9-5-2-3-7-15-9)12(16-17)10-6-4-8-18-10/h2-8H,14H2,1H3. The molecule has 0 saturated carbocycles. The highest BCUT2D eigenvalue weighted by Crippen LogP contribution is 2.34. The summed E-state index contributed by atoms with van der Waals surface area (Å²) in [5.41, 5.74) is 8.35. The second-order valence-electron chi connectivity index (χ2n) is 3.92. The summed E-state index contributed by atoms with van der Waals surface area (Å²) in [4.78, 5) is 4.32. The van der Waals surface area contributed by atoms with Crippen LogP contribution in [0.5, 0.6) is 0 Å². The Balaban J connectivity index is 2.26. The molecule has 0 spiro atoms. The molecule has 18 heavy (non-hydrogen) atoms. The Hall–Kier alpha value is -2.56. The zero-order valence-electron chi connectivity index (χ0n) is 9.87. The third-order valence-electron chi connectivity index (χ3n) is 2.77. The molecule has 0 aliphatic heterocycles. The molecule has 3 aromatic rings. The predicted octanol–water partition coefficient (Wildman–Crippen LogP) is 2.32. The smallest absolute Gasteiger partial charge is 0.154 e. The number of furan rings is 1. The van der Waals surface area contributed by atoms with Crippen LogP contribution in [0.3, 0.4) is 0 Å². The van der Waals surface area contributed by atoms with Crippen molar-refractivity contribution >= 4 is 5.82 Å². The molecule has 5 nitrogen and oxygen atoms in total. The van der Waals surface area contributed by atoms with E-state index >= 15 is 0 Å². The zero-order valence-corrected chi connectivity index (χ0v) is 9.87. The molecule has 2 N–H and O–H groups in total. The van der Waals surface area contributed by atoms with Gasteiger partial charge in [0.25, 0.3) is 0 Å². The first-order chi connectivity index (χ1) is 8.77. The number of aryl methyl sites for hydroxylation is 1. The third kappa shape index (κ3) is 1.57. The fourth-order valence-electron chi connectivity index (χ4n) is 1.89.